The average Bonchev–Trinajstić information content (AvgIpc) is 1.98. The zero-order valence-electron chi connectivity index (χ0n) is 8.87. The van der Waals surface area contributed by atoms with Crippen LogP contribution in [-0.2, 0) is 4.79 Å². The molecule has 0 aliphatic rings. The molecule has 3 nitrogen and oxygen atoms in total. The monoisotopic (exact) mass is 189 g/mol. The van der Waals surface area contributed by atoms with Gasteiger partial charge in [-0.15, -0.1) is 0 Å². The maximum absolute atomic E-state index is 10.6. The molecule has 0 saturated heterocycles. The molecular formula is C8H14B3NO2. The second-order valence-electron chi connectivity index (χ2n) is 4.48. The van der Waals surface area contributed by atoms with Crippen molar-refractivity contribution in [3.63, 3.8) is 0 Å². The fourth-order valence-electron chi connectivity index (χ4n) is 0.744. The molecule has 6 radical (unpaired) electrons. The molecule has 0 rings (SSSR count). The number of carbonyl (C=O) groups is 1. The van der Waals surface area contributed by atoms with Crippen molar-refractivity contribution in [2.24, 2.45) is 0 Å². The summed E-state index contributed by atoms with van der Waals surface area (Å²) in [5, 5.41) is 9.83. The maximum Gasteiger partial charge on any atom is 0.291 e. The Labute approximate surface area is 89.3 Å². The van der Waals surface area contributed by atoms with Crippen LogP contribution >= 0.6 is 0 Å². The van der Waals surface area contributed by atoms with E-state index in [2.05, 4.69) is 5.32 Å². The fraction of sp³-hybridized carbons (Fsp3) is 0.875. The molecule has 1 unspecified atom stereocenters. The Bertz CT molecular complexity index is 213. The summed E-state index contributed by atoms with van der Waals surface area (Å²) >= 11 is 0. The molecular weight excluding hydrogens is 175 g/mol. The quantitative estimate of drug-likeness (QED) is 0.605. The van der Waals surface area contributed by atoms with E-state index in [0.29, 0.717) is 0 Å². The minimum Gasteiger partial charge on any atom is -0.482 e. The van der Waals surface area contributed by atoms with E-state index >= 15 is 0 Å². The van der Waals surface area contributed by atoms with Crippen molar-refractivity contribution < 1.29 is 9.90 Å². The second-order valence-corrected chi connectivity index (χ2v) is 4.48. The lowest BCUT2D eigenvalue weighted by atomic mass is 9.43. The van der Waals surface area contributed by atoms with Crippen molar-refractivity contribution in [1.29, 1.82) is 0 Å². The van der Waals surface area contributed by atoms with Crippen LogP contribution in [0.3, 0.4) is 0 Å². The highest BCUT2D eigenvalue weighted by atomic mass is 16.4. The van der Waals surface area contributed by atoms with Crippen LogP contribution in [0.1, 0.15) is 20.8 Å². The molecule has 0 heterocycles. The number of nitrogens with one attached hydrogen (secondary N) is 1. The first-order chi connectivity index (χ1) is 6.07. The van der Waals surface area contributed by atoms with Gasteiger partial charge in [0, 0.05) is 5.54 Å². The highest BCUT2D eigenvalue weighted by molar-refractivity contribution is 6.53. The molecule has 0 aliphatic carbocycles. The minimum absolute atomic E-state index is 0.147. The van der Waals surface area contributed by atoms with Crippen molar-refractivity contribution in [3.05, 3.63) is 0 Å². The van der Waals surface area contributed by atoms with Gasteiger partial charge in [-0.3, -0.25) is 4.79 Å². The third-order valence-corrected chi connectivity index (χ3v) is 1.84. The Kier molecular flexibility index (Phi) is 4.31. The van der Waals surface area contributed by atoms with Crippen LogP contribution in [0.15, 0.2) is 0 Å². The molecule has 6 heteroatoms. The summed E-state index contributed by atoms with van der Waals surface area (Å²) in [4.78, 5) is 10.6. The first-order valence-corrected chi connectivity index (χ1v) is 4.39. The molecule has 0 spiro atoms. The van der Waals surface area contributed by atoms with Gasteiger partial charge >= 0.3 is 0 Å². The Morgan fingerprint density at radius 2 is 1.86 bits per heavy atom. The number of rotatable bonds is 4. The molecule has 1 atom stereocenters. The predicted molar refractivity (Wildman–Crippen MR) is 59.1 cm³/mol. The van der Waals surface area contributed by atoms with E-state index in [1.807, 2.05) is 20.8 Å². The van der Waals surface area contributed by atoms with Crippen LogP contribution in [0, 0.1) is 0 Å². The second kappa shape index (κ2) is 4.43. The maximum atomic E-state index is 10.6. The van der Waals surface area contributed by atoms with E-state index in [4.69, 9.17) is 28.6 Å². The summed E-state index contributed by atoms with van der Waals surface area (Å²) in [6.07, 6.45) is 0. The zero-order valence-corrected chi connectivity index (χ0v) is 8.87. The molecule has 0 aromatic rings. The third-order valence-electron chi connectivity index (χ3n) is 1.84. The largest absolute Gasteiger partial charge is 0.482 e. The van der Waals surface area contributed by atoms with E-state index in [1.165, 1.54) is 0 Å². The fourth-order valence-corrected chi connectivity index (χ4v) is 0.744. The predicted octanol–water partition coefficient (Wildman–Crippen LogP) is -0.131. The van der Waals surface area contributed by atoms with Crippen LogP contribution in [0.5, 0.6) is 0 Å². The van der Waals surface area contributed by atoms with E-state index in [1.54, 1.807) is 0 Å². The highest BCUT2D eigenvalue weighted by Crippen LogP contribution is 2.30. The summed E-state index contributed by atoms with van der Waals surface area (Å²) in [5.41, 5.74) is -0.147. The summed E-state index contributed by atoms with van der Waals surface area (Å²) in [5.74, 6) is -2.14. The van der Waals surface area contributed by atoms with Gasteiger partial charge in [-0.25, -0.2) is 0 Å². The normalized spacial score (nSPS) is 15.1. The van der Waals surface area contributed by atoms with Gasteiger partial charge in [0.05, 0.1) is 23.5 Å². The molecule has 72 valence electrons. The van der Waals surface area contributed by atoms with Gasteiger partial charge in [0.1, 0.15) is 0 Å². The lowest BCUT2D eigenvalue weighted by molar-refractivity contribution is -0.138. The summed E-state index contributed by atoms with van der Waals surface area (Å²) < 4.78 is 0. The van der Waals surface area contributed by atoms with Crippen LogP contribution < -0.4 is 5.32 Å². The van der Waals surface area contributed by atoms with E-state index in [0.717, 1.165) is 0 Å². The SMILES string of the molecule is [B]C(CNC(C)(C)C)C([B])([B])C(=O)O. The minimum atomic E-state index is -1.89. The number of aliphatic carboxylic acids is 1. The molecule has 0 fully saturated rings. The molecule has 0 aromatic heterocycles. The lowest BCUT2D eigenvalue weighted by Gasteiger charge is -2.32. The molecule has 0 saturated carbocycles. The number of carboxylic acid groups (broad SMARTS) is 1. The van der Waals surface area contributed by atoms with Crippen LogP contribution in [0.25, 0.3) is 0 Å². The van der Waals surface area contributed by atoms with Crippen LogP contribution in [-0.4, -0.2) is 46.7 Å². The van der Waals surface area contributed by atoms with Crippen molar-refractivity contribution in [1.82, 2.24) is 5.32 Å². The Morgan fingerprint density at radius 3 is 2.14 bits per heavy atom. The molecule has 0 amide bonds. The Balaban J connectivity index is 4.22. The molecule has 0 aromatic carbocycles. The molecule has 14 heavy (non-hydrogen) atoms. The van der Waals surface area contributed by atoms with Crippen molar-refractivity contribution in [2.75, 3.05) is 6.54 Å². The Morgan fingerprint density at radius 1 is 1.43 bits per heavy atom. The van der Waals surface area contributed by atoms with Crippen LogP contribution in [0.2, 0.25) is 11.0 Å². The smallest absolute Gasteiger partial charge is 0.291 e. The summed E-state index contributed by atoms with van der Waals surface area (Å²) in [6.45, 7) is 6.07. The molecule has 0 aliphatic heterocycles. The zero-order chi connectivity index (χ0) is 11.6. The highest BCUT2D eigenvalue weighted by Gasteiger charge is 2.32. The lowest BCUT2D eigenvalue weighted by Crippen LogP contribution is -2.42. The Hall–Kier alpha value is -0.375. The number of carboxylic acids is 1. The van der Waals surface area contributed by atoms with Crippen molar-refractivity contribution >= 4 is 29.5 Å². The standard InChI is InChI=1S/C8H14B3NO2/c1-7(2,3)12-4-5(9)8(10,11)6(13)14/h5,12H,4H2,1-3H3,(H,13,14). The molecule has 0 bridgehead atoms. The third kappa shape index (κ3) is 4.22. The van der Waals surface area contributed by atoms with E-state index in [-0.39, 0.29) is 12.1 Å². The topological polar surface area (TPSA) is 49.3 Å². The van der Waals surface area contributed by atoms with Gasteiger partial charge < -0.3 is 10.4 Å². The van der Waals surface area contributed by atoms with Gasteiger partial charge in [-0.2, -0.15) is 0 Å². The van der Waals surface area contributed by atoms with E-state index < -0.39 is 17.0 Å². The van der Waals surface area contributed by atoms with Gasteiger partial charge in [-0.05, 0) is 32.5 Å². The van der Waals surface area contributed by atoms with Gasteiger partial charge in [0.2, 0.25) is 0 Å². The van der Waals surface area contributed by atoms with Crippen molar-refractivity contribution in [2.45, 2.75) is 37.3 Å². The number of hydrogen-bond donors (Lipinski definition) is 2. The van der Waals surface area contributed by atoms with Gasteiger partial charge in [0.25, 0.3) is 5.97 Å². The first kappa shape index (κ1) is 13.6. The number of hydrogen-bond acceptors (Lipinski definition) is 2. The first-order valence-electron chi connectivity index (χ1n) is 4.39. The van der Waals surface area contributed by atoms with Crippen molar-refractivity contribution in [3.8, 4) is 0 Å². The van der Waals surface area contributed by atoms with Gasteiger partial charge in [0.15, 0.2) is 0 Å². The molecule has 2 N–H and O–H groups in total. The summed E-state index contributed by atoms with van der Waals surface area (Å²) in [7, 11) is 16.3. The van der Waals surface area contributed by atoms with E-state index in [9.17, 15) is 4.79 Å². The van der Waals surface area contributed by atoms with Gasteiger partial charge in [-0.1, -0.05) is 5.82 Å². The summed E-state index contributed by atoms with van der Waals surface area (Å²) in [6, 6.07) is 0. The average molecular weight is 189 g/mol. The van der Waals surface area contributed by atoms with Crippen LogP contribution in [0.4, 0.5) is 0 Å².